The molecule has 0 aliphatic heterocycles. The van der Waals surface area contributed by atoms with Gasteiger partial charge in [0.05, 0.1) is 5.69 Å². The van der Waals surface area contributed by atoms with E-state index in [1.165, 1.54) is 12.1 Å². The van der Waals surface area contributed by atoms with Gasteiger partial charge in [-0.05, 0) is 36.8 Å². The third-order valence-corrected chi connectivity index (χ3v) is 2.31. The second kappa shape index (κ2) is 4.71. The Bertz CT molecular complexity index is 486. The summed E-state index contributed by atoms with van der Waals surface area (Å²) in [5, 5.41) is 0. The zero-order chi connectivity index (χ0) is 11.4. The van der Waals surface area contributed by atoms with Crippen molar-refractivity contribution in [2.75, 3.05) is 0 Å². The van der Waals surface area contributed by atoms with Crippen molar-refractivity contribution in [2.45, 2.75) is 6.92 Å². The van der Waals surface area contributed by atoms with Crippen LogP contribution in [0.2, 0.25) is 0 Å². The van der Waals surface area contributed by atoms with Gasteiger partial charge in [0.25, 0.3) is 0 Å². The van der Waals surface area contributed by atoms with Crippen molar-refractivity contribution >= 4 is 11.4 Å². The van der Waals surface area contributed by atoms with Gasteiger partial charge < -0.3 is 0 Å². The summed E-state index contributed by atoms with van der Waals surface area (Å²) in [6.07, 6.45) is 0. The first-order chi connectivity index (χ1) is 7.75. The van der Waals surface area contributed by atoms with E-state index in [1.807, 2.05) is 37.3 Å². The van der Waals surface area contributed by atoms with Gasteiger partial charge in [-0.3, -0.25) is 4.99 Å². The van der Waals surface area contributed by atoms with Gasteiger partial charge in [0.15, 0.2) is 0 Å². The molecule has 0 bridgehead atoms. The molecule has 0 amide bonds. The van der Waals surface area contributed by atoms with Crippen LogP contribution in [-0.4, -0.2) is 5.71 Å². The Kier molecular flexibility index (Phi) is 3.10. The van der Waals surface area contributed by atoms with Gasteiger partial charge in [-0.2, -0.15) is 0 Å². The van der Waals surface area contributed by atoms with Gasteiger partial charge in [-0.15, -0.1) is 0 Å². The van der Waals surface area contributed by atoms with Crippen LogP contribution < -0.4 is 0 Å². The second-order valence-electron chi connectivity index (χ2n) is 3.54. The number of halogens is 1. The van der Waals surface area contributed by atoms with Gasteiger partial charge in [0.2, 0.25) is 0 Å². The topological polar surface area (TPSA) is 12.4 Å². The van der Waals surface area contributed by atoms with E-state index < -0.39 is 0 Å². The molecule has 0 atom stereocenters. The monoisotopic (exact) mass is 213 g/mol. The molecule has 1 nitrogen and oxygen atoms in total. The van der Waals surface area contributed by atoms with Crippen molar-refractivity contribution in [3.05, 3.63) is 66.0 Å². The molecule has 0 saturated heterocycles. The van der Waals surface area contributed by atoms with Gasteiger partial charge in [0.1, 0.15) is 5.82 Å². The molecule has 80 valence electrons. The highest BCUT2D eigenvalue weighted by molar-refractivity contribution is 6.00. The summed E-state index contributed by atoms with van der Waals surface area (Å²) < 4.78 is 12.7. The molecule has 2 aromatic carbocycles. The third kappa shape index (κ3) is 2.54. The molecule has 0 heterocycles. The molecule has 16 heavy (non-hydrogen) atoms. The Hall–Kier alpha value is -1.96. The van der Waals surface area contributed by atoms with E-state index >= 15 is 0 Å². The lowest BCUT2D eigenvalue weighted by molar-refractivity contribution is 0.628. The normalized spacial score (nSPS) is 11.5. The van der Waals surface area contributed by atoms with E-state index in [-0.39, 0.29) is 5.82 Å². The molecule has 2 rings (SSSR count). The maximum Gasteiger partial charge on any atom is 0.123 e. The minimum Gasteiger partial charge on any atom is -0.253 e. The lowest BCUT2D eigenvalue weighted by Gasteiger charge is -2.00. The summed E-state index contributed by atoms with van der Waals surface area (Å²) in [6.45, 7) is 1.94. The Labute approximate surface area is 94.3 Å². The average molecular weight is 213 g/mol. The van der Waals surface area contributed by atoms with Gasteiger partial charge in [-0.25, -0.2) is 4.39 Å². The molecule has 0 saturated carbocycles. The minimum atomic E-state index is -0.240. The minimum absolute atomic E-state index is 0.240. The number of nitrogens with zero attached hydrogens (tertiary/aromatic N) is 1. The summed E-state index contributed by atoms with van der Waals surface area (Å²) in [6, 6.07) is 16.1. The SMILES string of the molecule is CC(=Nc1ccc(F)cc1)c1ccccc1. The van der Waals surface area contributed by atoms with E-state index in [9.17, 15) is 4.39 Å². The summed E-state index contributed by atoms with van der Waals surface area (Å²) >= 11 is 0. The van der Waals surface area contributed by atoms with Crippen molar-refractivity contribution in [2.24, 2.45) is 4.99 Å². The summed E-state index contributed by atoms with van der Waals surface area (Å²) in [4.78, 5) is 4.42. The molecule has 0 N–H and O–H groups in total. The first-order valence-corrected chi connectivity index (χ1v) is 5.12. The smallest absolute Gasteiger partial charge is 0.123 e. The van der Waals surface area contributed by atoms with Crippen LogP contribution in [0.1, 0.15) is 12.5 Å². The fourth-order valence-corrected chi connectivity index (χ4v) is 1.45. The second-order valence-corrected chi connectivity index (χ2v) is 3.54. The van der Waals surface area contributed by atoms with Gasteiger partial charge >= 0.3 is 0 Å². The lowest BCUT2D eigenvalue weighted by Crippen LogP contribution is -1.92. The Balaban J connectivity index is 2.28. The number of benzene rings is 2. The van der Waals surface area contributed by atoms with Crippen LogP contribution in [0, 0.1) is 5.82 Å². The predicted molar refractivity (Wildman–Crippen MR) is 64.7 cm³/mol. The number of aliphatic imine (C=N–C) groups is 1. The van der Waals surface area contributed by atoms with Crippen LogP contribution in [0.15, 0.2) is 59.6 Å². The van der Waals surface area contributed by atoms with Crippen molar-refractivity contribution in [1.29, 1.82) is 0 Å². The summed E-state index contributed by atoms with van der Waals surface area (Å²) in [7, 11) is 0. The van der Waals surface area contributed by atoms with Crippen molar-refractivity contribution in [3.8, 4) is 0 Å². The third-order valence-electron chi connectivity index (χ3n) is 2.31. The maximum absolute atomic E-state index is 12.7. The standard InChI is InChI=1S/C14H12FN/c1-11(12-5-3-2-4-6-12)16-14-9-7-13(15)8-10-14/h2-10H,1H3. The highest BCUT2D eigenvalue weighted by Gasteiger charge is 1.96. The van der Waals surface area contributed by atoms with Crippen LogP contribution in [0.4, 0.5) is 10.1 Å². The van der Waals surface area contributed by atoms with Crippen molar-refractivity contribution in [3.63, 3.8) is 0 Å². The molecular weight excluding hydrogens is 201 g/mol. The molecule has 0 aromatic heterocycles. The van der Waals surface area contributed by atoms with Crippen LogP contribution >= 0.6 is 0 Å². The molecule has 0 radical (unpaired) electrons. The Morgan fingerprint density at radius 1 is 0.938 bits per heavy atom. The zero-order valence-electron chi connectivity index (χ0n) is 9.02. The van der Waals surface area contributed by atoms with E-state index in [0.717, 1.165) is 17.0 Å². The molecule has 2 heteroatoms. The summed E-state index contributed by atoms with van der Waals surface area (Å²) in [5.41, 5.74) is 2.77. The van der Waals surface area contributed by atoms with E-state index in [0.29, 0.717) is 0 Å². The highest BCUT2D eigenvalue weighted by atomic mass is 19.1. The first-order valence-electron chi connectivity index (χ1n) is 5.12. The first kappa shape index (κ1) is 10.6. The molecular formula is C14H12FN. The van der Waals surface area contributed by atoms with Crippen LogP contribution in [-0.2, 0) is 0 Å². The maximum atomic E-state index is 12.7. The molecule has 0 aliphatic rings. The fourth-order valence-electron chi connectivity index (χ4n) is 1.45. The number of hydrogen-bond donors (Lipinski definition) is 0. The molecule has 0 spiro atoms. The molecule has 0 unspecified atom stereocenters. The van der Waals surface area contributed by atoms with Gasteiger partial charge in [0, 0.05) is 5.71 Å². The zero-order valence-corrected chi connectivity index (χ0v) is 9.02. The summed E-state index contributed by atoms with van der Waals surface area (Å²) in [5.74, 6) is -0.240. The average Bonchev–Trinajstić information content (AvgIpc) is 2.33. The molecule has 0 aliphatic carbocycles. The van der Waals surface area contributed by atoms with E-state index in [2.05, 4.69) is 4.99 Å². The highest BCUT2D eigenvalue weighted by Crippen LogP contribution is 2.14. The van der Waals surface area contributed by atoms with Gasteiger partial charge in [-0.1, -0.05) is 30.3 Å². The van der Waals surface area contributed by atoms with E-state index in [1.54, 1.807) is 12.1 Å². The number of hydrogen-bond acceptors (Lipinski definition) is 1. The van der Waals surface area contributed by atoms with E-state index in [4.69, 9.17) is 0 Å². The predicted octanol–water partition coefficient (Wildman–Crippen LogP) is 3.97. The lowest BCUT2D eigenvalue weighted by atomic mass is 10.1. The van der Waals surface area contributed by atoms with Crippen LogP contribution in [0.3, 0.4) is 0 Å². The van der Waals surface area contributed by atoms with Crippen LogP contribution in [0.5, 0.6) is 0 Å². The Morgan fingerprint density at radius 3 is 2.19 bits per heavy atom. The quantitative estimate of drug-likeness (QED) is 0.669. The largest absolute Gasteiger partial charge is 0.253 e. The fraction of sp³-hybridized carbons (Fsp3) is 0.0714. The van der Waals surface area contributed by atoms with Crippen molar-refractivity contribution < 1.29 is 4.39 Å². The molecule has 2 aromatic rings. The Morgan fingerprint density at radius 2 is 1.56 bits per heavy atom. The molecule has 0 fully saturated rings. The van der Waals surface area contributed by atoms with Crippen molar-refractivity contribution in [1.82, 2.24) is 0 Å². The van der Waals surface area contributed by atoms with Crippen LogP contribution in [0.25, 0.3) is 0 Å². The number of rotatable bonds is 2.